The van der Waals surface area contributed by atoms with E-state index in [1.807, 2.05) is 42.6 Å². The Labute approximate surface area is 157 Å². The minimum absolute atomic E-state index is 0.0113. The molecule has 0 spiro atoms. The molecule has 1 saturated heterocycles. The number of aromatic nitrogens is 3. The zero-order valence-electron chi connectivity index (χ0n) is 14.2. The van der Waals surface area contributed by atoms with Crippen LogP contribution in [-0.4, -0.2) is 21.6 Å². The topological polar surface area (TPSA) is 59.9 Å². The van der Waals surface area contributed by atoms with Gasteiger partial charge in [0.2, 0.25) is 5.95 Å². The fraction of sp³-hybridized carbons (Fsp3) is 0.250. The summed E-state index contributed by atoms with van der Waals surface area (Å²) in [5.41, 5.74) is 4.10. The van der Waals surface area contributed by atoms with E-state index in [1.165, 1.54) is 0 Å². The highest BCUT2D eigenvalue weighted by molar-refractivity contribution is 6.30. The zero-order chi connectivity index (χ0) is 17.8. The molecule has 0 radical (unpaired) electrons. The fourth-order valence-electron chi connectivity index (χ4n) is 3.06. The van der Waals surface area contributed by atoms with E-state index in [2.05, 4.69) is 15.3 Å². The molecule has 6 heteroatoms. The molecule has 1 atom stereocenters. The van der Waals surface area contributed by atoms with Gasteiger partial charge in [-0.3, -0.25) is 4.98 Å². The van der Waals surface area contributed by atoms with Crippen molar-refractivity contribution in [3.05, 3.63) is 71.3 Å². The smallest absolute Gasteiger partial charge is 0.223 e. The van der Waals surface area contributed by atoms with Gasteiger partial charge in [-0.15, -0.1) is 0 Å². The molecule has 2 aromatic heterocycles. The van der Waals surface area contributed by atoms with Crippen LogP contribution in [0.3, 0.4) is 0 Å². The van der Waals surface area contributed by atoms with Gasteiger partial charge < -0.3 is 10.1 Å². The quantitative estimate of drug-likeness (QED) is 0.711. The van der Waals surface area contributed by atoms with Crippen LogP contribution in [0, 0.1) is 0 Å². The van der Waals surface area contributed by atoms with Crippen molar-refractivity contribution in [1.29, 1.82) is 0 Å². The summed E-state index contributed by atoms with van der Waals surface area (Å²) in [5, 5.41) is 4.02. The lowest BCUT2D eigenvalue weighted by atomic mass is 10.0. The molecule has 132 valence electrons. The Hall–Kier alpha value is -2.50. The van der Waals surface area contributed by atoms with Crippen molar-refractivity contribution in [3.8, 4) is 11.1 Å². The van der Waals surface area contributed by atoms with E-state index in [0.29, 0.717) is 12.5 Å². The summed E-state index contributed by atoms with van der Waals surface area (Å²) < 4.78 is 5.88. The zero-order valence-corrected chi connectivity index (χ0v) is 15.0. The molecule has 0 unspecified atom stereocenters. The number of pyridine rings is 1. The first-order valence-electron chi connectivity index (χ1n) is 8.67. The largest absolute Gasteiger partial charge is 0.372 e. The fourth-order valence-corrected chi connectivity index (χ4v) is 3.18. The molecule has 0 bridgehead atoms. The van der Waals surface area contributed by atoms with Gasteiger partial charge in [-0.1, -0.05) is 23.7 Å². The van der Waals surface area contributed by atoms with E-state index >= 15 is 0 Å². The van der Waals surface area contributed by atoms with Gasteiger partial charge in [-0.05, 0) is 48.2 Å². The molecule has 3 heterocycles. The maximum absolute atomic E-state index is 5.93. The maximum atomic E-state index is 5.93. The summed E-state index contributed by atoms with van der Waals surface area (Å²) in [6, 6.07) is 11.7. The summed E-state index contributed by atoms with van der Waals surface area (Å²) in [4.78, 5) is 13.4. The van der Waals surface area contributed by atoms with Crippen LogP contribution < -0.4 is 5.32 Å². The molecule has 1 N–H and O–H groups in total. The number of hydrogen-bond acceptors (Lipinski definition) is 5. The van der Waals surface area contributed by atoms with Gasteiger partial charge >= 0.3 is 0 Å². The second-order valence-corrected chi connectivity index (χ2v) is 6.65. The summed E-state index contributed by atoms with van der Waals surface area (Å²) >= 11 is 5.93. The van der Waals surface area contributed by atoms with Crippen LogP contribution in [0.2, 0.25) is 5.02 Å². The molecule has 0 saturated carbocycles. The number of halogens is 1. The van der Waals surface area contributed by atoms with Crippen molar-refractivity contribution in [3.63, 3.8) is 0 Å². The highest BCUT2D eigenvalue weighted by atomic mass is 35.5. The standard InChI is InChI=1S/C20H19ClN4O/c21-16-5-3-14(4-6-16)12-23-20-24-13-17(15-7-9-22-10-8-15)19(25-20)18-2-1-11-26-18/h3-10,13,18H,1-2,11-12H2,(H,23,24,25)/t18-/m0/s1. The summed E-state index contributed by atoms with van der Waals surface area (Å²) in [6.07, 6.45) is 7.47. The lowest BCUT2D eigenvalue weighted by Gasteiger charge is -2.16. The molecule has 0 aliphatic carbocycles. The Balaban J connectivity index is 1.60. The van der Waals surface area contributed by atoms with Crippen molar-refractivity contribution < 1.29 is 4.74 Å². The van der Waals surface area contributed by atoms with Crippen molar-refractivity contribution in [2.24, 2.45) is 0 Å². The predicted octanol–water partition coefficient (Wildman–Crippen LogP) is 4.66. The van der Waals surface area contributed by atoms with E-state index < -0.39 is 0 Å². The van der Waals surface area contributed by atoms with Crippen LogP contribution in [0.4, 0.5) is 5.95 Å². The van der Waals surface area contributed by atoms with Crippen molar-refractivity contribution in [1.82, 2.24) is 15.0 Å². The molecule has 4 rings (SSSR count). The Kier molecular flexibility index (Phi) is 5.09. The van der Waals surface area contributed by atoms with Crippen LogP contribution in [-0.2, 0) is 11.3 Å². The van der Waals surface area contributed by atoms with Gasteiger partial charge in [-0.25, -0.2) is 9.97 Å². The molecule has 1 aliphatic rings. The molecule has 3 aromatic rings. The lowest BCUT2D eigenvalue weighted by Crippen LogP contribution is -2.09. The number of nitrogens with zero attached hydrogens (tertiary/aromatic N) is 3. The number of hydrogen-bond donors (Lipinski definition) is 1. The first-order chi connectivity index (χ1) is 12.8. The van der Waals surface area contributed by atoms with E-state index in [0.717, 1.165) is 46.9 Å². The Morgan fingerprint density at radius 2 is 1.92 bits per heavy atom. The first-order valence-corrected chi connectivity index (χ1v) is 9.04. The summed E-state index contributed by atoms with van der Waals surface area (Å²) in [5.74, 6) is 0.600. The summed E-state index contributed by atoms with van der Waals surface area (Å²) in [6.45, 7) is 1.41. The van der Waals surface area contributed by atoms with Gasteiger partial charge in [0.25, 0.3) is 0 Å². The first kappa shape index (κ1) is 16.9. The monoisotopic (exact) mass is 366 g/mol. The van der Waals surface area contributed by atoms with E-state index in [-0.39, 0.29) is 6.10 Å². The van der Waals surface area contributed by atoms with Crippen LogP contribution in [0.1, 0.15) is 30.2 Å². The van der Waals surface area contributed by atoms with Crippen molar-refractivity contribution in [2.75, 3.05) is 11.9 Å². The Morgan fingerprint density at radius 3 is 2.65 bits per heavy atom. The second kappa shape index (κ2) is 7.81. The molecular formula is C20H19ClN4O. The van der Waals surface area contributed by atoms with E-state index in [9.17, 15) is 0 Å². The number of rotatable bonds is 5. The van der Waals surface area contributed by atoms with Crippen LogP contribution in [0.5, 0.6) is 0 Å². The van der Waals surface area contributed by atoms with Crippen molar-refractivity contribution in [2.45, 2.75) is 25.5 Å². The Morgan fingerprint density at radius 1 is 1.12 bits per heavy atom. The molecule has 0 amide bonds. The minimum Gasteiger partial charge on any atom is -0.372 e. The molecule has 1 aromatic carbocycles. The molecule has 5 nitrogen and oxygen atoms in total. The molecular weight excluding hydrogens is 348 g/mol. The third-order valence-electron chi connectivity index (χ3n) is 4.41. The van der Waals surface area contributed by atoms with Crippen LogP contribution in [0.15, 0.2) is 55.0 Å². The van der Waals surface area contributed by atoms with Crippen molar-refractivity contribution >= 4 is 17.5 Å². The highest BCUT2D eigenvalue weighted by Gasteiger charge is 2.23. The number of ether oxygens (including phenoxy) is 1. The second-order valence-electron chi connectivity index (χ2n) is 6.21. The van der Waals surface area contributed by atoms with Gasteiger partial charge in [0.15, 0.2) is 0 Å². The van der Waals surface area contributed by atoms with E-state index in [1.54, 1.807) is 12.4 Å². The number of nitrogens with one attached hydrogen (secondary N) is 1. The van der Waals surface area contributed by atoms with E-state index in [4.69, 9.17) is 21.3 Å². The van der Waals surface area contributed by atoms with Gasteiger partial charge in [0, 0.05) is 42.3 Å². The lowest BCUT2D eigenvalue weighted by molar-refractivity contribution is 0.109. The van der Waals surface area contributed by atoms with Gasteiger partial charge in [0.1, 0.15) is 6.10 Å². The van der Waals surface area contributed by atoms with Crippen LogP contribution >= 0.6 is 11.6 Å². The average molecular weight is 367 g/mol. The number of anilines is 1. The highest BCUT2D eigenvalue weighted by Crippen LogP contribution is 2.34. The normalized spacial score (nSPS) is 16.6. The predicted molar refractivity (Wildman–Crippen MR) is 102 cm³/mol. The third kappa shape index (κ3) is 3.84. The minimum atomic E-state index is 0.0113. The average Bonchev–Trinajstić information content (AvgIpc) is 3.23. The number of benzene rings is 1. The summed E-state index contributed by atoms with van der Waals surface area (Å²) in [7, 11) is 0. The third-order valence-corrected chi connectivity index (χ3v) is 4.66. The SMILES string of the molecule is Clc1ccc(CNc2ncc(-c3ccncc3)c([C@@H]3CCCO3)n2)cc1. The molecule has 1 fully saturated rings. The van der Waals surface area contributed by atoms with Gasteiger partial charge in [-0.2, -0.15) is 0 Å². The Bertz CT molecular complexity index is 865. The van der Waals surface area contributed by atoms with Gasteiger partial charge in [0.05, 0.1) is 5.69 Å². The maximum Gasteiger partial charge on any atom is 0.223 e. The van der Waals surface area contributed by atoms with Crippen LogP contribution in [0.25, 0.3) is 11.1 Å². The molecule has 1 aliphatic heterocycles. The molecule has 26 heavy (non-hydrogen) atoms.